The van der Waals surface area contributed by atoms with Crippen LogP contribution in [0.1, 0.15) is 34.9 Å². The zero-order valence-corrected chi connectivity index (χ0v) is 13.4. The quantitative estimate of drug-likeness (QED) is 0.854. The molecular weight excluding hydrogens is 359 g/mol. The largest absolute Gasteiger partial charge is 0.347 e. The summed E-state index contributed by atoms with van der Waals surface area (Å²) in [6, 6.07) is 6.67. The summed E-state index contributed by atoms with van der Waals surface area (Å²) in [6.45, 7) is 0.312. The van der Waals surface area contributed by atoms with E-state index in [0.717, 1.165) is 22.9 Å². The van der Waals surface area contributed by atoms with E-state index in [1.54, 1.807) is 6.07 Å². The molecule has 1 amide bonds. The molecule has 110 valence electrons. The minimum atomic E-state index is -0.460. The first kappa shape index (κ1) is 14.6. The summed E-state index contributed by atoms with van der Waals surface area (Å²) in [4.78, 5) is 12.3. The maximum atomic E-state index is 13.1. The number of carbonyl (C=O) groups excluding carboxylic acids is 1. The van der Waals surface area contributed by atoms with Crippen molar-refractivity contribution < 1.29 is 9.18 Å². The van der Waals surface area contributed by atoms with Crippen LogP contribution in [0.25, 0.3) is 0 Å². The highest BCUT2D eigenvalue weighted by molar-refractivity contribution is 9.10. The second kappa shape index (κ2) is 5.81. The molecule has 21 heavy (non-hydrogen) atoms. The summed E-state index contributed by atoms with van der Waals surface area (Å²) < 4.78 is 16.0. The standard InChI is InChI=1S/C15H13BrClFN2O/c16-10-6-14(20(8-10)11-2-3-11)15(21)19-7-9-1-4-13(18)12(17)5-9/h1,4-6,8,11H,2-3,7H2,(H,19,21). The van der Waals surface area contributed by atoms with Crippen LogP contribution in [-0.4, -0.2) is 10.5 Å². The van der Waals surface area contributed by atoms with E-state index in [9.17, 15) is 9.18 Å². The summed E-state index contributed by atoms with van der Waals surface area (Å²) in [6.07, 6.45) is 4.14. The molecule has 3 nitrogen and oxygen atoms in total. The maximum Gasteiger partial charge on any atom is 0.268 e. The predicted molar refractivity (Wildman–Crippen MR) is 83.0 cm³/mol. The molecule has 0 saturated heterocycles. The topological polar surface area (TPSA) is 34.0 Å². The molecule has 1 aromatic carbocycles. The molecule has 1 aromatic heterocycles. The molecule has 1 aliphatic carbocycles. The molecule has 0 bridgehead atoms. The fourth-order valence-corrected chi connectivity index (χ4v) is 2.85. The fraction of sp³-hybridized carbons (Fsp3) is 0.267. The van der Waals surface area contributed by atoms with Gasteiger partial charge in [-0.3, -0.25) is 4.79 Å². The third-order valence-electron chi connectivity index (χ3n) is 3.43. The maximum absolute atomic E-state index is 13.1. The Kier molecular flexibility index (Phi) is 4.04. The van der Waals surface area contributed by atoms with Gasteiger partial charge in [-0.2, -0.15) is 0 Å². The second-order valence-electron chi connectivity index (χ2n) is 5.11. The Labute approximate surface area is 135 Å². The molecule has 1 fully saturated rings. The molecule has 0 spiro atoms. The van der Waals surface area contributed by atoms with Crippen molar-refractivity contribution >= 4 is 33.4 Å². The first-order valence-electron chi connectivity index (χ1n) is 6.64. The van der Waals surface area contributed by atoms with E-state index in [1.165, 1.54) is 12.1 Å². The number of hydrogen-bond donors (Lipinski definition) is 1. The van der Waals surface area contributed by atoms with E-state index in [0.29, 0.717) is 18.3 Å². The van der Waals surface area contributed by atoms with Crippen molar-refractivity contribution in [2.75, 3.05) is 0 Å². The van der Waals surface area contributed by atoms with E-state index in [4.69, 9.17) is 11.6 Å². The molecule has 6 heteroatoms. The van der Waals surface area contributed by atoms with Gasteiger partial charge in [-0.15, -0.1) is 0 Å². The van der Waals surface area contributed by atoms with E-state index < -0.39 is 5.82 Å². The van der Waals surface area contributed by atoms with Gasteiger partial charge in [-0.05, 0) is 52.5 Å². The van der Waals surface area contributed by atoms with Crippen LogP contribution < -0.4 is 5.32 Å². The van der Waals surface area contributed by atoms with Crippen molar-refractivity contribution in [3.8, 4) is 0 Å². The van der Waals surface area contributed by atoms with E-state index >= 15 is 0 Å². The zero-order chi connectivity index (χ0) is 15.0. The lowest BCUT2D eigenvalue weighted by Crippen LogP contribution is -2.25. The Morgan fingerprint density at radius 3 is 2.86 bits per heavy atom. The number of rotatable bonds is 4. The highest BCUT2D eigenvalue weighted by Crippen LogP contribution is 2.37. The number of nitrogens with zero attached hydrogens (tertiary/aromatic N) is 1. The third-order valence-corrected chi connectivity index (χ3v) is 4.15. The minimum absolute atomic E-state index is 0.0610. The average Bonchev–Trinajstić information content (AvgIpc) is 3.22. The highest BCUT2D eigenvalue weighted by atomic mass is 79.9. The molecule has 0 unspecified atom stereocenters. The number of halogens is 3. The van der Waals surface area contributed by atoms with Crippen LogP contribution in [0.4, 0.5) is 4.39 Å². The second-order valence-corrected chi connectivity index (χ2v) is 6.44. The number of benzene rings is 1. The van der Waals surface area contributed by atoms with Gasteiger partial charge in [0.15, 0.2) is 0 Å². The number of carbonyl (C=O) groups is 1. The Morgan fingerprint density at radius 2 is 2.19 bits per heavy atom. The average molecular weight is 372 g/mol. The van der Waals surface area contributed by atoms with Crippen LogP contribution in [0.5, 0.6) is 0 Å². The fourth-order valence-electron chi connectivity index (χ4n) is 2.20. The van der Waals surface area contributed by atoms with E-state index in [2.05, 4.69) is 21.2 Å². The predicted octanol–water partition coefficient (Wildman–Crippen LogP) is 4.31. The van der Waals surface area contributed by atoms with Crippen molar-refractivity contribution in [3.05, 3.63) is 57.0 Å². The van der Waals surface area contributed by atoms with Gasteiger partial charge in [0.05, 0.1) is 5.02 Å². The summed E-state index contributed by atoms with van der Waals surface area (Å²) >= 11 is 9.13. The normalized spacial score (nSPS) is 14.2. The molecule has 0 atom stereocenters. The van der Waals surface area contributed by atoms with Gasteiger partial charge >= 0.3 is 0 Å². The molecule has 0 aliphatic heterocycles. The van der Waals surface area contributed by atoms with Gasteiger partial charge < -0.3 is 9.88 Å². The lowest BCUT2D eigenvalue weighted by atomic mass is 10.2. The smallest absolute Gasteiger partial charge is 0.268 e. The minimum Gasteiger partial charge on any atom is -0.347 e. The van der Waals surface area contributed by atoms with Crippen molar-refractivity contribution in [1.82, 2.24) is 9.88 Å². The Morgan fingerprint density at radius 1 is 1.43 bits per heavy atom. The van der Waals surface area contributed by atoms with Crippen LogP contribution in [-0.2, 0) is 6.54 Å². The molecular formula is C15H13BrClFN2O. The molecule has 1 aliphatic rings. The van der Waals surface area contributed by atoms with Crippen molar-refractivity contribution in [2.24, 2.45) is 0 Å². The van der Waals surface area contributed by atoms with Crippen molar-refractivity contribution in [3.63, 3.8) is 0 Å². The number of aromatic nitrogens is 1. The Balaban J connectivity index is 1.70. The van der Waals surface area contributed by atoms with Gasteiger partial charge in [-0.25, -0.2) is 4.39 Å². The molecule has 1 heterocycles. The molecule has 1 N–H and O–H groups in total. The summed E-state index contributed by atoms with van der Waals surface area (Å²) in [5.41, 5.74) is 1.40. The Bertz CT molecular complexity index is 697. The highest BCUT2D eigenvalue weighted by Gasteiger charge is 2.27. The molecule has 0 radical (unpaired) electrons. The van der Waals surface area contributed by atoms with E-state index in [1.807, 2.05) is 16.8 Å². The monoisotopic (exact) mass is 370 g/mol. The summed E-state index contributed by atoms with van der Waals surface area (Å²) in [5.74, 6) is -0.605. The van der Waals surface area contributed by atoms with Crippen LogP contribution >= 0.6 is 27.5 Å². The van der Waals surface area contributed by atoms with Crippen LogP contribution in [0.3, 0.4) is 0 Å². The lowest BCUT2D eigenvalue weighted by Gasteiger charge is -2.09. The van der Waals surface area contributed by atoms with Crippen LogP contribution in [0.2, 0.25) is 5.02 Å². The Hall–Kier alpha value is -1.33. The third kappa shape index (κ3) is 3.30. The van der Waals surface area contributed by atoms with Gasteiger partial charge in [-0.1, -0.05) is 17.7 Å². The first-order chi connectivity index (χ1) is 10.0. The summed E-state index contributed by atoms with van der Waals surface area (Å²) in [7, 11) is 0. The molecule has 3 rings (SSSR count). The van der Waals surface area contributed by atoms with Crippen molar-refractivity contribution in [2.45, 2.75) is 25.4 Å². The van der Waals surface area contributed by atoms with Gasteiger partial charge in [0.1, 0.15) is 11.5 Å². The zero-order valence-electron chi connectivity index (χ0n) is 11.1. The van der Waals surface area contributed by atoms with E-state index in [-0.39, 0.29) is 10.9 Å². The lowest BCUT2D eigenvalue weighted by molar-refractivity contribution is 0.0941. The SMILES string of the molecule is O=C(NCc1ccc(F)c(Cl)c1)c1cc(Br)cn1C1CC1. The number of hydrogen-bond acceptors (Lipinski definition) is 1. The van der Waals surface area contributed by atoms with Gasteiger partial charge in [0.25, 0.3) is 5.91 Å². The van der Waals surface area contributed by atoms with Crippen LogP contribution in [0, 0.1) is 5.82 Å². The van der Waals surface area contributed by atoms with Crippen molar-refractivity contribution in [1.29, 1.82) is 0 Å². The number of amides is 1. The van der Waals surface area contributed by atoms with Gasteiger partial charge in [0, 0.05) is 23.3 Å². The van der Waals surface area contributed by atoms with Gasteiger partial charge in [0.2, 0.25) is 0 Å². The first-order valence-corrected chi connectivity index (χ1v) is 7.81. The van der Waals surface area contributed by atoms with Crippen LogP contribution in [0.15, 0.2) is 34.9 Å². The molecule has 2 aromatic rings. The number of nitrogens with one attached hydrogen (secondary N) is 1. The molecule has 1 saturated carbocycles. The summed E-state index contributed by atoms with van der Waals surface area (Å²) in [5, 5.41) is 2.90.